The first-order valence-electron chi connectivity index (χ1n) is 7.37. The number of fused-ring (bicyclic) bond motifs is 1. The average Bonchev–Trinajstić information content (AvgIpc) is 2.70. The number of imidazole rings is 1. The van der Waals surface area contributed by atoms with E-state index >= 15 is 0 Å². The Bertz CT molecular complexity index is 494. The SMILES string of the molecule is CC(N)CC(=O)NC1CCc2nc(C(C)(C)C)cn2C1.Cl.Cl. The Hall–Kier alpha value is -0.780. The number of aromatic nitrogens is 2. The Kier molecular flexibility index (Phi) is 7.89. The van der Waals surface area contributed by atoms with Gasteiger partial charge in [-0.25, -0.2) is 4.98 Å². The van der Waals surface area contributed by atoms with Gasteiger partial charge in [-0.1, -0.05) is 20.8 Å². The monoisotopic (exact) mass is 350 g/mol. The van der Waals surface area contributed by atoms with E-state index < -0.39 is 0 Å². The van der Waals surface area contributed by atoms with Gasteiger partial charge >= 0.3 is 0 Å². The molecule has 22 heavy (non-hydrogen) atoms. The highest BCUT2D eigenvalue weighted by Gasteiger charge is 2.25. The lowest BCUT2D eigenvalue weighted by Crippen LogP contribution is -2.42. The lowest BCUT2D eigenvalue weighted by atomic mass is 9.93. The number of nitrogens with one attached hydrogen (secondary N) is 1. The van der Waals surface area contributed by atoms with Crippen LogP contribution in [0, 0.1) is 0 Å². The van der Waals surface area contributed by atoms with E-state index in [4.69, 9.17) is 10.7 Å². The molecule has 3 N–H and O–H groups in total. The van der Waals surface area contributed by atoms with Gasteiger partial charge in [-0.3, -0.25) is 4.79 Å². The van der Waals surface area contributed by atoms with Crippen LogP contribution in [0.3, 0.4) is 0 Å². The molecule has 1 amide bonds. The van der Waals surface area contributed by atoms with Crippen LogP contribution in [-0.2, 0) is 23.2 Å². The van der Waals surface area contributed by atoms with Crippen molar-refractivity contribution in [1.29, 1.82) is 0 Å². The van der Waals surface area contributed by atoms with Gasteiger partial charge in [0.15, 0.2) is 0 Å². The number of halogens is 2. The second-order valence-corrected chi connectivity index (χ2v) is 6.93. The molecule has 0 radical (unpaired) electrons. The summed E-state index contributed by atoms with van der Waals surface area (Å²) in [4.78, 5) is 16.5. The van der Waals surface area contributed by atoms with Crippen LogP contribution in [0.5, 0.6) is 0 Å². The third-order valence-electron chi connectivity index (χ3n) is 3.63. The minimum atomic E-state index is -0.0881. The average molecular weight is 351 g/mol. The molecule has 2 atom stereocenters. The molecule has 0 saturated carbocycles. The number of rotatable bonds is 3. The first-order chi connectivity index (χ1) is 9.25. The van der Waals surface area contributed by atoms with E-state index in [9.17, 15) is 4.79 Å². The summed E-state index contributed by atoms with van der Waals surface area (Å²) in [6.07, 6.45) is 4.38. The number of carbonyl (C=O) groups is 1. The lowest BCUT2D eigenvalue weighted by molar-refractivity contribution is -0.122. The van der Waals surface area contributed by atoms with Crippen molar-refractivity contribution in [3.05, 3.63) is 17.7 Å². The smallest absolute Gasteiger partial charge is 0.221 e. The maximum absolute atomic E-state index is 11.8. The molecule has 5 nitrogen and oxygen atoms in total. The molecule has 0 aromatic carbocycles. The van der Waals surface area contributed by atoms with Gasteiger partial charge < -0.3 is 15.6 Å². The summed E-state index contributed by atoms with van der Waals surface area (Å²) in [5, 5.41) is 3.07. The van der Waals surface area contributed by atoms with Gasteiger partial charge in [0.05, 0.1) is 5.69 Å². The molecular weight excluding hydrogens is 323 g/mol. The van der Waals surface area contributed by atoms with Crippen molar-refractivity contribution in [2.24, 2.45) is 5.73 Å². The second kappa shape index (κ2) is 8.18. The largest absolute Gasteiger partial charge is 0.352 e. The lowest BCUT2D eigenvalue weighted by Gasteiger charge is -2.25. The van der Waals surface area contributed by atoms with Crippen molar-refractivity contribution in [2.75, 3.05) is 0 Å². The van der Waals surface area contributed by atoms with Crippen LogP contribution < -0.4 is 11.1 Å². The van der Waals surface area contributed by atoms with Gasteiger partial charge in [0, 0.05) is 43.1 Å². The summed E-state index contributed by atoms with van der Waals surface area (Å²) in [7, 11) is 0. The van der Waals surface area contributed by atoms with E-state index in [0.717, 1.165) is 30.9 Å². The van der Waals surface area contributed by atoms with Gasteiger partial charge in [0.25, 0.3) is 0 Å². The number of nitrogens with zero attached hydrogens (tertiary/aromatic N) is 2. The summed E-state index contributed by atoms with van der Waals surface area (Å²) in [6, 6.07) is 0.102. The van der Waals surface area contributed by atoms with Gasteiger partial charge in [-0.05, 0) is 13.3 Å². The van der Waals surface area contributed by atoms with E-state index in [1.165, 1.54) is 0 Å². The van der Waals surface area contributed by atoms with Crippen LogP contribution in [0.1, 0.15) is 52.1 Å². The van der Waals surface area contributed by atoms with Crippen molar-refractivity contribution in [3.63, 3.8) is 0 Å². The fourth-order valence-electron chi connectivity index (χ4n) is 2.50. The molecular formula is C15H28Cl2N4O. The molecule has 7 heteroatoms. The molecule has 2 heterocycles. The molecule has 2 rings (SSSR count). The third-order valence-corrected chi connectivity index (χ3v) is 3.63. The summed E-state index contributed by atoms with van der Waals surface area (Å²) in [5.74, 6) is 1.18. The van der Waals surface area contributed by atoms with Gasteiger partial charge in [-0.15, -0.1) is 24.8 Å². The number of hydrogen-bond donors (Lipinski definition) is 2. The van der Waals surface area contributed by atoms with E-state index in [0.29, 0.717) is 6.42 Å². The molecule has 128 valence electrons. The predicted octanol–water partition coefficient (Wildman–Crippen LogP) is 2.19. The Morgan fingerprint density at radius 2 is 2.14 bits per heavy atom. The minimum absolute atomic E-state index is 0. The standard InChI is InChI=1S/C15H26N4O.2ClH/c1-10(16)7-14(20)17-11-5-6-13-18-12(15(2,3)4)9-19(13)8-11;;/h9-11H,5-8,16H2,1-4H3,(H,17,20);2*1H. The van der Waals surface area contributed by atoms with Gasteiger partial charge in [0.1, 0.15) is 5.82 Å². The minimum Gasteiger partial charge on any atom is -0.352 e. The highest BCUT2D eigenvalue weighted by Crippen LogP contribution is 2.24. The van der Waals surface area contributed by atoms with Gasteiger partial charge in [-0.2, -0.15) is 0 Å². The molecule has 0 saturated heterocycles. The molecule has 2 unspecified atom stereocenters. The maximum atomic E-state index is 11.8. The maximum Gasteiger partial charge on any atom is 0.221 e. The van der Waals surface area contributed by atoms with E-state index in [-0.39, 0.29) is 48.2 Å². The number of amides is 1. The predicted molar refractivity (Wildman–Crippen MR) is 93.9 cm³/mol. The van der Waals surface area contributed by atoms with Crippen molar-refractivity contribution in [3.8, 4) is 0 Å². The number of carbonyl (C=O) groups excluding carboxylic acids is 1. The first kappa shape index (κ1) is 21.2. The zero-order valence-corrected chi connectivity index (χ0v) is 15.4. The van der Waals surface area contributed by atoms with Crippen LogP contribution in [0.15, 0.2) is 6.20 Å². The van der Waals surface area contributed by atoms with Crippen LogP contribution in [0.25, 0.3) is 0 Å². The normalized spacial score (nSPS) is 18.5. The molecule has 0 bridgehead atoms. The van der Waals surface area contributed by atoms with Crippen LogP contribution in [0.4, 0.5) is 0 Å². The highest BCUT2D eigenvalue weighted by atomic mass is 35.5. The molecule has 0 spiro atoms. The van der Waals surface area contributed by atoms with Crippen LogP contribution in [-0.4, -0.2) is 27.5 Å². The van der Waals surface area contributed by atoms with E-state index in [1.807, 2.05) is 6.92 Å². The summed E-state index contributed by atoms with van der Waals surface area (Å²) in [6.45, 7) is 9.17. The summed E-state index contributed by atoms with van der Waals surface area (Å²) < 4.78 is 2.18. The Morgan fingerprint density at radius 1 is 1.50 bits per heavy atom. The quantitative estimate of drug-likeness (QED) is 0.877. The summed E-state index contributed by atoms with van der Waals surface area (Å²) >= 11 is 0. The fourth-order valence-corrected chi connectivity index (χ4v) is 2.50. The fraction of sp³-hybridized carbons (Fsp3) is 0.733. The van der Waals surface area contributed by atoms with Crippen LogP contribution >= 0.6 is 24.8 Å². The molecule has 1 aromatic rings. The third kappa shape index (κ3) is 5.45. The molecule has 1 aliphatic rings. The molecule has 0 fully saturated rings. The van der Waals surface area contributed by atoms with Crippen molar-refractivity contribution in [1.82, 2.24) is 14.9 Å². The Balaban J connectivity index is 0.00000220. The van der Waals surface area contributed by atoms with E-state index in [2.05, 4.69) is 36.9 Å². The Labute approximate surface area is 145 Å². The number of aryl methyl sites for hydroxylation is 1. The topological polar surface area (TPSA) is 72.9 Å². The van der Waals surface area contributed by atoms with Crippen molar-refractivity contribution in [2.45, 2.75) is 71.0 Å². The van der Waals surface area contributed by atoms with Gasteiger partial charge in [0.2, 0.25) is 5.91 Å². The zero-order valence-electron chi connectivity index (χ0n) is 13.8. The zero-order chi connectivity index (χ0) is 14.9. The van der Waals surface area contributed by atoms with Crippen LogP contribution in [0.2, 0.25) is 0 Å². The first-order valence-corrected chi connectivity index (χ1v) is 7.37. The molecule has 0 aliphatic carbocycles. The van der Waals surface area contributed by atoms with Crippen molar-refractivity contribution < 1.29 is 4.79 Å². The molecule has 1 aromatic heterocycles. The highest BCUT2D eigenvalue weighted by molar-refractivity contribution is 5.85. The number of hydrogen-bond acceptors (Lipinski definition) is 3. The Morgan fingerprint density at radius 3 is 2.68 bits per heavy atom. The summed E-state index contributed by atoms with van der Waals surface area (Å²) in [5.41, 5.74) is 6.84. The van der Waals surface area contributed by atoms with E-state index in [1.54, 1.807) is 0 Å². The molecule has 1 aliphatic heterocycles. The number of nitrogens with two attached hydrogens (primary N) is 1. The second-order valence-electron chi connectivity index (χ2n) is 6.93. The van der Waals surface area contributed by atoms with Crippen molar-refractivity contribution >= 4 is 30.7 Å².